The van der Waals surface area contributed by atoms with Gasteiger partial charge in [-0.2, -0.15) is 0 Å². The highest BCUT2D eigenvalue weighted by atomic mass is 32.1. The van der Waals surface area contributed by atoms with Crippen molar-refractivity contribution in [1.29, 1.82) is 0 Å². The molecule has 0 radical (unpaired) electrons. The molecule has 0 aliphatic rings. The highest BCUT2D eigenvalue weighted by molar-refractivity contribution is 7.26. The smallest absolute Gasteiger partial charge is 0.164 e. The van der Waals surface area contributed by atoms with Crippen molar-refractivity contribution in [2.24, 2.45) is 0 Å². The Kier molecular flexibility index (Phi) is 9.02. The molecule has 0 saturated carbocycles. The molecule has 0 fully saturated rings. The number of hydrogen-bond acceptors (Lipinski definition) is 4. The highest BCUT2D eigenvalue weighted by Crippen LogP contribution is 2.45. The van der Waals surface area contributed by atoms with Crippen molar-refractivity contribution in [2.75, 3.05) is 0 Å². The molecule has 10 aromatic carbocycles. The Morgan fingerprint density at radius 2 is 0.619 bits per heavy atom. The molecule has 12 rings (SSSR count). The van der Waals surface area contributed by atoms with Crippen LogP contribution in [0.1, 0.15) is 0 Å². The van der Waals surface area contributed by atoms with Gasteiger partial charge in [0.1, 0.15) is 0 Å². The van der Waals surface area contributed by atoms with E-state index in [0.29, 0.717) is 17.5 Å². The summed E-state index contributed by atoms with van der Waals surface area (Å²) in [6.07, 6.45) is 0. The van der Waals surface area contributed by atoms with E-state index in [-0.39, 0.29) is 0 Å². The fourth-order valence-corrected chi connectivity index (χ4v) is 10.4. The van der Waals surface area contributed by atoms with E-state index in [2.05, 4.69) is 182 Å². The quantitative estimate of drug-likeness (QED) is 0.161. The van der Waals surface area contributed by atoms with Crippen LogP contribution in [0.4, 0.5) is 0 Å². The first-order valence-electron chi connectivity index (χ1n) is 21.3. The van der Waals surface area contributed by atoms with E-state index in [1.165, 1.54) is 69.5 Å². The van der Waals surface area contributed by atoms with Crippen LogP contribution in [0.3, 0.4) is 0 Å². The van der Waals surface area contributed by atoms with Crippen molar-refractivity contribution in [3.05, 3.63) is 224 Å². The lowest BCUT2D eigenvalue weighted by atomic mass is 9.88. The molecule has 63 heavy (non-hydrogen) atoms. The van der Waals surface area contributed by atoms with Gasteiger partial charge in [-0.25, -0.2) is 15.0 Å². The molecule has 12 aromatic rings. The van der Waals surface area contributed by atoms with Gasteiger partial charge in [0, 0.05) is 42.4 Å². The first kappa shape index (κ1) is 36.8. The van der Waals surface area contributed by atoms with Crippen molar-refractivity contribution in [1.82, 2.24) is 15.0 Å². The number of nitrogens with zero attached hydrogens (tertiary/aromatic N) is 3. The third-order valence-electron chi connectivity index (χ3n) is 12.2. The number of hydrogen-bond donors (Lipinski definition) is 0. The van der Waals surface area contributed by atoms with Crippen molar-refractivity contribution in [3.8, 4) is 78.7 Å². The van der Waals surface area contributed by atoms with Crippen LogP contribution in [0.5, 0.6) is 0 Å². The summed E-state index contributed by atoms with van der Waals surface area (Å²) < 4.78 is 2.65. The molecule has 0 N–H and O–H groups in total. The van der Waals surface area contributed by atoms with Gasteiger partial charge in [-0.15, -0.1) is 11.3 Å². The van der Waals surface area contributed by atoms with Crippen LogP contribution in [0, 0.1) is 0 Å². The van der Waals surface area contributed by atoms with Crippen LogP contribution in [-0.4, -0.2) is 15.0 Å². The molecule has 4 heteroatoms. The first-order valence-corrected chi connectivity index (χ1v) is 22.1. The minimum Gasteiger partial charge on any atom is -0.208 e. The average Bonchev–Trinajstić information content (AvgIpc) is 3.75. The first-order chi connectivity index (χ1) is 31.2. The second-order valence-electron chi connectivity index (χ2n) is 15.9. The highest BCUT2D eigenvalue weighted by Gasteiger charge is 2.19. The van der Waals surface area contributed by atoms with Crippen LogP contribution in [-0.2, 0) is 0 Å². The predicted octanol–water partition coefficient (Wildman–Crippen LogP) is 16.2. The Balaban J connectivity index is 0.942. The van der Waals surface area contributed by atoms with Gasteiger partial charge < -0.3 is 0 Å². The van der Waals surface area contributed by atoms with Crippen LogP contribution in [0.25, 0.3) is 120 Å². The topological polar surface area (TPSA) is 38.7 Å². The molecule has 0 bridgehead atoms. The van der Waals surface area contributed by atoms with Gasteiger partial charge in [0.05, 0.1) is 0 Å². The molecule has 2 heterocycles. The molecule has 0 amide bonds. The predicted molar refractivity (Wildman–Crippen MR) is 266 cm³/mol. The Labute approximate surface area is 369 Å². The van der Waals surface area contributed by atoms with Crippen molar-refractivity contribution >= 4 is 53.1 Å². The van der Waals surface area contributed by atoms with Crippen molar-refractivity contribution in [3.63, 3.8) is 0 Å². The summed E-state index contributed by atoms with van der Waals surface area (Å²) in [5, 5.41) is 7.56. The van der Waals surface area contributed by atoms with E-state index < -0.39 is 0 Å². The zero-order chi connectivity index (χ0) is 41.7. The summed E-state index contributed by atoms with van der Waals surface area (Å²) in [7, 11) is 0. The lowest BCUT2D eigenvalue weighted by Crippen LogP contribution is -2.01. The summed E-state index contributed by atoms with van der Waals surface area (Å²) in [4.78, 5) is 15.2. The molecule has 2 aromatic heterocycles. The third-order valence-corrected chi connectivity index (χ3v) is 13.4. The molecule has 0 aliphatic carbocycles. The van der Waals surface area contributed by atoms with E-state index in [4.69, 9.17) is 15.0 Å². The Hall–Kier alpha value is -8.05. The van der Waals surface area contributed by atoms with Gasteiger partial charge in [-0.3, -0.25) is 0 Å². The zero-order valence-electron chi connectivity index (χ0n) is 34.1. The standard InChI is InChI=1S/C59H37N3S/c1-3-16-38(17-4-1)42-20-7-12-26-54(42)59-61-57(40-18-5-2-6-19-40)60-58(62-59)41-32-30-39(31-33-41)43-34-35-48(45-22-9-8-21-44(43)45)49-36-37-50(47-24-11-10-23-46(47)49)52-27-15-28-53-51-25-13-14-29-55(51)63-56(52)53/h1-37H. The maximum atomic E-state index is 5.14. The molecule has 3 nitrogen and oxygen atoms in total. The van der Waals surface area contributed by atoms with Gasteiger partial charge in [0.2, 0.25) is 0 Å². The minimum atomic E-state index is 0.632. The Morgan fingerprint density at radius 1 is 0.222 bits per heavy atom. The molecular formula is C59H37N3S. The summed E-state index contributed by atoms with van der Waals surface area (Å²) in [5.74, 6) is 1.91. The lowest BCUT2D eigenvalue weighted by Gasteiger charge is -2.16. The third kappa shape index (κ3) is 6.48. The number of rotatable bonds is 7. The maximum absolute atomic E-state index is 5.14. The van der Waals surface area contributed by atoms with Gasteiger partial charge >= 0.3 is 0 Å². The number of aromatic nitrogens is 3. The van der Waals surface area contributed by atoms with Crippen LogP contribution >= 0.6 is 11.3 Å². The summed E-state index contributed by atoms with van der Waals surface area (Å²) in [5.41, 5.74) is 12.3. The summed E-state index contributed by atoms with van der Waals surface area (Å²) in [6.45, 7) is 0. The fourth-order valence-electron chi connectivity index (χ4n) is 9.20. The monoisotopic (exact) mass is 819 g/mol. The molecule has 0 saturated heterocycles. The molecule has 0 atom stereocenters. The normalized spacial score (nSPS) is 11.5. The second kappa shape index (κ2) is 15.4. The van der Waals surface area contributed by atoms with Crippen LogP contribution in [0.15, 0.2) is 224 Å². The Morgan fingerprint density at radius 3 is 1.25 bits per heavy atom. The van der Waals surface area contributed by atoms with Gasteiger partial charge in [0.15, 0.2) is 17.5 Å². The zero-order valence-corrected chi connectivity index (χ0v) is 34.9. The van der Waals surface area contributed by atoms with E-state index >= 15 is 0 Å². The molecule has 294 valence electrons. The summed E-state index contributed by atoms with van der Waals surface area (Å²) >= 11 is 1.88. The SMILES string of the molecule is c1ccc(-c2nc(-c3ccc(-c4ccc(-c5ccc(-c6cccc7c6sc6ccccc67)c6ccccc56)c5ccccc45)cc3)nc(-c3ccccc3-c3ccccc3)n2)cc1. The molecule has 0 aliphatic heterocycles. The van der Waals surface area contributed by atoms with Crippen molar-refractivity contribution in [2.45, 2.75) is 0 Å². The maximum Gasteiger partial charge on any atom is 0.164 e. The lowest BCUT2D eigenvalue weighted by molar-refractivity contribution is 1.07. The van der Waals surface area contributed by atoms with Gasteiger partial charge in [0.25, 0.3) is 0 Å². The van der Waals surface area contributed by atoms with Gasteiger partial charge in [-0.1, -0.05) is 218 Å². The van der Waals surface area contributed by atoms with E-state index in [1.807, 2.05) is 53.8 Å². The molecule has 0 unspecified atom stereocenters. The van der Waals surface area contributed by atoms with Crippen LogP contribution in [0.2, 0.25) is 0 Å². The minimum absolute atomic E-state index is 0.632. The Bertz CT molecular complexity index is 3670. The number of benzene rings is 10. The number of fused-ring (bicyclic) bond motifs is 5. The average molecular weight is 820 g/mol. The number of thiophene rings is 1. The largest absolute Gasteiger partial charge is 0.208 e. The molecule has 0 spiro atoms. The summed E-state index contributed by atoms with van der Waals surface area (Å²) in [6, 6.07) is 79.9. The fraction of sp³-hybridized carbons (Fsp3) is 0. The molecular weight excluding hydrogens is 783 g/mol. The van der Waals surface area contributed by atoms with E-state index in [0.717, 1.165) is 33.4 Å². The van der Waals surface area contributed by atoms with E-state index in [9.17, 15) is 0 Å². The second-order valence-corrected chi connectivity index (χ2v) is 16.9. The van der Waals surface area contributed by atoms with Crippen LogP contribution < -0.4 is 0 Å². The van der Waals surface area contributed by atoms with Gasteiger partial charge in [-0.05, 0) is 66.6 Å². The van der Waals surface area contributed by atoms with E-state index in [1.54, 1.807) is 0 Å². The van der Waals surface area contributed by atoms with Crippen molar-refractivity contribution < 1.29 is 0 Å².